The van der Waals surface area contributed by atoms with Gasteiger partial charge < -0.3 is 10.1 Å². The van der Waals surface area contributed by atoms with Crippen LogP contribution in [-0.2, 0) is 0 Å². The van der Waals surface area contributed by atoms with Gasteiger partial charge >= 0.3 is 0 Å². The summed E-state index contributed by atoms with van der Waals surface area (Å²) in [5.74, 6) is 0.815. The molecule has 2 rings (SSSR count). The van der Waals surface area contributed by atoms with E-state index < -0.39 is 0 Å². The minimum atomic E-state index is -0.375. The highest BCUT2D eigenvalue weighted by atomic mass is 35.5. The summed E-state index contributed by atoms with van der Waals surface area (Å²) < 4.78 is 19.0. The second kappa shape index (κ2) is 7.43. The van der Waals surface area contributed by atoms with E-state index >= 15 is 0 Å². The molecule has 21 heavy (non-hydrogen) atoms. The number of benzene rings is 2. The third-order valence-corrected chi connectivity index (χ3v) is 3.56. The average Bonchev–Trinajstić information content (AvgIpc) is 2.48. The number of hydrogen-bond donors (Lipinski definition) is 1. The molecule has 0 spiro atoms. The van der Waals surface area contributed by atoms with E-state index in [1.807, 2.05) is 24.3 Å². The van der Waals surface area contributed by atoms with Crippen LogP contribution in [0.2, 0.25) is 5.02 Å². The van der Waals surface area contributed by atoms with E-state index in [2.05, 4.69) is 19.2 Å². The monoisotopic (exact) mass is 307 g/mol. The second-order valence-electron chi connectivity index (χ2n) is 4.73. The van der Waals surface area contributed by atoms with Crippen molar-refractivity contribution in [2.75, 3.05) is 6.54 Å². The van der Waals surface area contributed by atoms with Gasteiger partial charge in [0, 0.05) is 11.6 Å². The normalized spacial score (nSPS) is 12.2. The molecular weight excluding hydrogens is 289 g/mol. The van der Waals surface area contributed by atoms with Crippen LogP contribution in [0.3, 0.4) is 0 Å². The quantitative estimate of drug-likeness (QED) is 0.778. The summed E-state index contributed by atoms with van der Waals surface area (Å²) >= 11 is 6.03. The third kappa shape index (κ3) is 3.96. The molecule has 0 aliphatic heterocycles. The van der Waals surface area contributed by atoms with E-state index in [1.165, 1.54) is 12.1 Å². The topological polar surface area (TPSA) is 21.3 Å². The molecule has 1 atom stereocenters. The fraction of sp³-hybridized carbons (Fsp3) is 0.294. The summed E-state index contributed by atoms with van der Waals surface area (Å²) in [5, 5.41) is 3.69. The van der Waals surface area contributed by atoms with E-state index in [4.69, 9.17) is 16.3 Å². The highest BCUT2D eigenvalue weighted by Gasteiger charge is 2.14. The van der Waals surface area contributed by atoms with E-state index in [0.29, 0.717) is 5.75 Å². The van der Waals surface area contributed by atoms with Crippen molar-refractivity contribution in [2.24, 2.45) is 0 Å². The third-order valence-electron chi connectivity index (χ3n) is 3.27. The number of nitrogens with one attached hydrogen (secondary N) is 1. The smallest absolute Gasteiger partial charge is 0.146 e. The molecule has 0 fully saturated rings. The first kappa shape index (κ1) is 15.8. The Labute approximate surface area is 129 Å². The summed E-state index contributed by atoms with van der Waals surface area (Å²) in [5.41, 5.74) is 1.07. The lowest BCUT2D eigenvalue weighted by atomic mass is 10.0. The maximum absolute atomic E-state index is 13.1. The zero-order valence-corrected chi connectivity index (χ0v) is 13.0. The van der Waals surface area contributed by atoms with Gasteiger partial charge in [-0.05, 0) is 37.2 Å². The first-order valence-electron chi connectivity index (χ1n) is 7.10. The molecule has 0 aromatic heterocycles. The largest absolute Gasteiger partial charge is 0.455 e. The minimum absolute atomic E-state index is 0.213. The molecule has 0 saturated heterocycles. The number of rotatable bonds is 6. The first-order chi connectivity index (χ1) is 10.2. The fourth-order valence-corrected chi connectivity index (χ4v) is 2.46. The molecule has 112 valence electrons. The van der Waals surface area contributed by atoms with Crippen LogP contribution in [-0.4, -0.2) is 6.54 Å². The Bertz CT molecular complexity index is 603. The van der Waals surface area contributed by atoms with E-state index in [-0.39, 0.29) is 16.9 Å². The number of para-hydroxylation sites is 1. The molecule has 0 heterocycles. The van der Waals surface area contributed by atoms with Crippen LogP contribution in [0.5, 0.6) is 11.5 Å². The van der Waals surface area contributed by atoms with Crippen LogP contribution in [0.4, 0.5) is 4.39 Å². The molecule has 1 N–H and O–H groups in total. The summed E-state index contributed by atoms with van der Waals surface area (Å²) in [7, 11) is 0. The molecule has 0 saturated carbocycles. The Balaban J connectivity index is 2.31. The Morgan fingerprint density at radius 3 is 2.57 bits per heavy atom. The molecule has 0 aliphatic rings. The van der Waals surface area contributed by atoms with Gasteiger partial charge in [-0.3, -0.25) is 0 Å². The Kier molecular flexibility index (Phi) is 5.59. The van der Waals surface area contributed by atoms with Crippen LogP contribution in [0.25, 0.3) is 0 Å². The SMILES string of the molecule is CCNC(CC)c1ccccc1Oc1ccc(F)cc1Cl. The first-order valence-corrected chi connectivity index (χ1v) is 7.48. The van der Waals surface area contributed by atoms with Crippen molar-refractivity contribution in [3.8, 4) is 11.5 Å². The molecule has 2 aromatic carbocycles. The summed E-state index contributed by atoms with van der Waals surface area (Å²) in [6.07, 6.45) is 0.950. The van der Waals surface area contributed by atoms with Gasteiger partial charge in [0.2, 0.25) is 0 Å². The van der Waals surface area contributed by atoms with Crippen LogP contribution in [0, 0.1) is 5.82 Å². The molecule has 2 nitrogen and oxygen atoms in total. The van der Waals surface area contributed by atoms with Gasteiger partial charge in [0.25, 0.3) is 0 Å². The molecule has 1 unspecified atom stereocenters. The van der Waals surface area contributed by atoms with Gasteiger partial charge in [-0.25, -0.2) is 4.39 Å². The van der Waals surface area contributed by atoms with Gasteiger partial charge in [0.15, 0.2) is 0 Å². The van der Waals surface area contributed by atoms with Crippen molar-refractivity contribution < 1.29 is 9.13 Å². The second-order valence-corrected chi connectivity index (χ2v) is 5.14. The predicted molar refractivity (Wildman–Crippen MR) is 84.6 cm³/mol. The number of halogens is 2. The van der Waals surface area contributed by atoms with Crippen LogP contribution in [0.15, 0.2) is 42.5 Å². The Morgan fingerprint density at radius 1 is 1.14 bits per heavy atom. The lowest BCUT2D eigenvalue weighted by Crippen LogP contribution is -2.20. The molecular formula is C17H19ClFNO. The Morgan fingerprint density at radius 2 is 1.90 bits per heavy atom. The van der Waals surface area contributed by atoms with Crippen molar-refractivity contribution >= 4 is 11.6 Å². The maximum Gasteiger partial charge on any atom is 0.146 e. The summed E-state index contributed by atoms with van der Waals surface area (Å²) in [6, 6.07) is 12.2. The molecule has 0 radical (unpaired) electrons. The van der Waals surface area contributed by atoms with Gasteiger partial charge in [-0.2, -0.15) is 0 Å². The van der Waals surface area contributed by atoms with Crippen LogP contribution < -0.4 is 10.1 Å². The standard InChI is InChI=1S/C17H19ClFNO/c1-3-15(20-4-2)13-7-5-6-8-16(13)21-17-10-9-12(19)11-14(17)18/h5-11,15,20H,3-4H2,1-2H3. The zero-order valence-electron chi connectivity index (χ0n) is 12.2. The highest BCUT2D eigenvalue weighted by molar-refractivity contribution is 6.32. The number of ether oxygens (including phenoxy) is 1. The molecule has 4 heteroatoms. The lowest BCUT2D eigenvalue weighted by molar-refractivity contribution is 0.452. The van der Waals surface area contributed by atoms with Gasteiger partial charge in [0.05, 0.1) is 5.02 Å². The predicted octanol–water partition coefficient (Wildman–Crippen LogP) is 5.33. The Hall–Kier alpha value is -1.58. The molecule has 0 bridgehead atoms. The summed E-state index contributed by atoms with van der Waals surface area (Å²) in [6.45, 7) is 5.07. The number of hydrogen-bond acceptors (Lipinski definition) is 2. The fourth-order valence-electron chi connectivity index (χ4n) is 2.26. The highest BCUT2D eigenvalue weighted by Crippen LogP contribution is 2.34. The molecule has 0 amide bonds. The van der Waals surface area contributed by atoms with Crippen molar-refractivity contribution in [1.82, 2.24) is 5.32 Å². The van der Waals surface area contributed by atoms with E-state index in [9.17, 15) is 4.39 Å². The molecule has 0 aliphatic carbocycles. The lowest BCUT2D eigenvalue weighted by Gasteiger charge is -2.20. The van der Waals surface area contributed by atoms with Crippen molar-refractivity contribution in [2.45, 2.75) is 26.3 Å². The van der Waals surface area contributed by atoms with E-state index in [1.54, 1.807) is 6.07 Å². The summed E-state index contributed by atoms with van der Waals surface area (Å²) in [4.78, 5) is 0. The van der Waals surface area contributed by atoms with Crippen molar-refractivity contribution in [1.29, 1.82) is 0 Å². The van der Waals surface area contributed by atoms with Gasteiger partial charge in [-0.1, -0.05) is 43.6 Å². The maximum atomic E-state index is 13.1. The van der Waals surface area contributed by atoms with E-state index in [0.717, 1.165) is 24.3 Å². The molecule has 2 aromatic rings. The van der Waals surface area contributed by atoms with Crippen molar-refractivity contribution in [3.63, 3.8) is 0 Å². The van der Waals surface area contributed by atoms with Gasteiger partial charge in [-0.15, -0.1) is 0 Å². The van der Waals surface area contributed by atoms with Crippen LogP contribution in [0.1, 0.15) is 31.9 Å². The van der Waals surface area contributed by atoms with Gasteiger partial charge in [0.1, 0.15) is 17.3 Å². The minimum Gasteiger partial charge on any atom is -0.455 e. The van der Waals surface area contributed by atoms with Crippen LogP contribution >= 0.6 is 11.6 Å². The zero-order chi connectivity index (χ0) is 15.2. The average molecular weight is 308 g/mol. The van der Waals surface area contributed by atoms with Crippen molar-refractivity contribution in [3.05, 3.63) is 58.9 Å².